The molecule has 0 radical (unpaired) electrons. The number of halogens is 2. The molecule has 0 aliphatic heterocycles. The summed E-state index contributed by atoms with van der Waals surface area (Å²) in [5.41, 5.74) is 1.15. The van der Waals surface area contributed by atoms with E-state index in [1.54, 1.807) is 0 Å². The first kappa shape index (κ1) is 11.9. The van der Waals surface area contributed by atoms with Crippen molar-refractivity contribution in [1.82, 2.24) is 0 Å². The molecule has 88 valence electrons. The van der Waals surface area contributed by atoms with Gasteiger partial charge < -0.3 is 0 Å². The second-order valence-electron chi connectivity index (χ2n) is 4.29. The van der Waals surface area contributed by atoms with Crippen LogP contribution in [0.3, 0.4) is 0 Å². The number of hydrogen-bond acceptors (Lipinski definition) is 2. The van der Waals surface area contributed by atoms with Gasteiger partial charge in [-0.2, -0.15) is 8.42 Å². The predicted molar refractivity (Wildman–Crippen MR) is 61.8 cm³/mol. The Morgan fingerprint density at radius 2 is 1.81 bits per heavy atom. The Morgan fingerprint density at radius 1 is 1.25 bits per heavy atom. The van der Waals surface area contributed by atoms with Gasteiger partial charge in [-0.3, -0.25) is 0 Å². The average Bonchev–Trinajstić information content (AvgIpc) is 2.11. The lowest BCUT2D eigenvalue weighted by atomic mass is 9.72. The van der Waals surface area contributed by atoms with Crippen molar-refractivity contribution in [2.45, 2.75) is 18.8 Å². The highest BCUT2D eigenvalue weighted by atomic mass is 35.5. The standard InChI is InChI=1S/C11H12ClFO2S/c12-11-3-1-9(2-4-11)10-5-8(6-10)7-16(13,14)15/h1-4,8,10H,5-7H2. The summed E-state index contributed by atoms with van der Waals surface area (Å²) in [5.74, 6) is -0.0171. The molecule has 0 unspecified atom stereocenters. The van der Waals surface area contributed by atoms with E-state index in [9.17, 15) is 12.3 Å². The molecule has 0 saturated heterocycles. The maximum Gasteiger partial charge on any atom is 0.302 e. The first-order valence-corrected chi connectivity index (χ1v) is 7.05. The number of benzene rings is 1. The SMILES string of the molecule is O=S(=O)(F)CC1CC(c2ccc(Cl)cc2)C1. The molecule has 0 N–H and O–H groups in total. The van der Waals surface area contributed by atoms with Crippen LogP contribution in [0.4, 0.5) is 3.89 Å². The van der Waals surface area contributed by atoms with E-state index in [4.69, 9.17) is 11.6 Å². The van der Waals surface area contributed by atoms with Crippen molar-refractivity contribution in [3.05, 3.63) is 34.9 Å². The van der Waals surface area contributed by atoms with Gasteiger partial charge in [0.25, 0.3) is 0 Å². The number of rotatable bonds is 3. The van der Waals surface area contributed by atoms with Crippen LogP contribution >= 0.6 is 11.6 Å². The van der Waals surface area contributed by atoms with Gasteiger partial charge in [0.05, 0.1) is 5.75 Å². The van der Waals surface area contributed by atoms with E-state index in [1.165, 1.54) is 0 Å². The Morgan fingerprint density at radius 3 is 2.31 bits per heavy atom. The van der Waals surface area contributed by atoms with Crippen molar-refractivity contribution < 1.29 is 12.3 Å². The van der Waals surface area contributed by atoms with Crippen molar-refractivity contribution in [3.63, 3.8) is 0 Å². The second-order valence-corrected chi connectivity index (χ2v) is 6.14. The molecule has 1 aromatic rings. The first-order valence-electron chi connectivity index (χ1n) is 5.12. The molecule has 0 atom stereocenters. The summed E-state index contributed by atoms with van der Waals surface area (Å²) >= 11 is 5.76. The zero-order valence-electron chi connectivity index (χ0n) is 8.57. The highest BCUT2D eigenvalue weighted by Gasteiger charge is 2.33. The third kappa shape index (κ3) is 2.95. The summed E-state index contributed by atoms with van der Waals surface area (Å²) in [6.45, 7) is 0. The van der Waals surface area contributed by atoms with Crippen molar-refractivity contribution in [2.24, 2.45) is 5.92 Å². The topological polar surface area (TPSA) is 34.1 Å². The molecular formula is C11H12ClFO2S. The van der Waals surface area contributed by atoms with Crippen molar-refractivity contribution in [3.8, 4) is 0 Å². The van der Waals surface area contributed by atoms with Crippen LogP contribution in [0.1, 0.15) is 24.3 Å². The molecule has 0 amide bonds. The van der Waals surface area contributed by atoms with Crippen LogP contribution in [0.5, 0.6) is 0 Å². The van der Waals surface area contributed by atoms with E-state index in [0.717, 1.165) is 18.4 Å². The van der Waals surface area contributed by atoms with E-state index in [0.29, 0.717) is 10.9 Å². The molecule has 1 aliphatic carbocycles. The lowest BCUT2D eigenvalue weighted by Crippen LogP contribution is -2.27. The Labute approximate surface area is 99.6 Å². The lowest BCUT2D eigenvalue weighted by molar-refractivity contribution is 0.288. The van der Waals surface area contributed by atoms with Gasteiger partial charge in [0.15, 0.2) is 0 Å². The van der Waals surface area contributed by atoms with E-state index in [2.05, 4.69) is 0 Å². The molecule has 1 aromatic carbocycles. The largest absolute Gasteiger partial charge is 0.302 e. The molecule has 1 fully saturated rings. The molecule has 2 nitrogen and oxygen atoms in total. The summed E-state index contributed by atoms with van der Waals surface area (Å²) in [6, 6.07) is 7.51. The Bertz CT molecular complexity index is 463. The molecule has 2 rings (SSSR count). The van der Waals surface area contributed by atoms with Gasteiger partial charge in [0.1, 0.15) is 0 Å². The van der Waals surface area contributed by atoms with Crippen LogP contribution in [0, 0.1) is 5.92 Å². The molecule has 1 saturated carbocycles. The first-order chi connectivity index (χ1) is 7.44. The normalized spacial score (nSPS) is 25.1. The minimum Gasteiger partial charge on any atom is -0.195 e. The van der Waals surface area contributed by atoms with Crippen molar-refractivity contribution in [2.75, 3.05) is 5.75 Å². The highest BCUT2D eigenvalue weighted by Crippen LogP contribution is 2.42. The molecule has 5 heteroatoms. The smallest absolute Gasteiger partial charge is 0.195 e. The van der Waals surface area contributed by atoms with Crippen LogP contribution in [0.2, 0.25) is 5.02 Å². The third-order valence-electron chi connectivity index (χ3n) is 3.01. The van der Waals surface area contributed by atoms with Crippen molar-refractivity contribution in [1.29, 1.82) is 0 Å². The molecule has 0 aromatic heterocycles. The van der Waals surface area contributed by atoms with E-state index >= 15 is 0 Å². The van der Waals surface area contributed by atoms with Gasteiger partial charge in [0, 0.05) is 5.02 Å². The van der Waals surface area contributed by atoms with E-state index in [-0.39, 0.29) is 11.7 Å². The molecule has 16 heavy (non-hydrogen) atoms. The number of hydrogen-bond donors (Lipinski definition) is 0. The Hall–Kier alpha value is -0.610. The molecule has 0 heterocycles. The van der Waals surface area contributed by atoms with Gasteiger partial charge >= 0.3 is 10.2 Å². The summed E-state index contributed by atoms with van der Waals surface area (Å²) in [6.07, 6.45) is 1.48. The quantitative estimate of drug-likeness (QED) is 0.785. The van der Waals surface area contributed by atoms with Gasteiger partial charge in [-0.05, 0) is 42.4 Å². The fourth-order valence-corrected chi connectivity index (χ4v) is 3.12. The van der Waals surface area contributed by atoms with Crippen LogP contribution in [0.15, 0.2) is 24.3 Å². The predicted octanol–water partition coefficient (Wildman–Crippen LogP) is 3.13. The highest BCUT2D eigenvalue weighted by molar-refractivity contribution is 7.86. The maximum atomic E-state index is 12.4. The summed E-state index contributed by atoms with van der Waals surface area (Å²) in [4.78, 5) is 0. The van der Waals surface area contributed by atoms with Gasteiger partial charge in [-0.15, -0.1) is 3.89 Å². The molecular weight excluding hydrogens is 251 g/mol. The van der Waals surface area contributed by atoms with Crippen LogP contribution < -0.4 is 0 Å². The maximum absolute atomic E-state index is 12.4. The van der Waals surface area contributed by atoms with Crippen LogP contribution in [-0.4, -0.2) is 14.2 Å². The zero-order valence-corrected chi connectivity index (χ0v) is 10.1. The van der Waals surface area contributed by atoms with Gasteiger partial charge in [-0.25, -0.2) is 0 Å². The Kier molecular flexibility index (Phi) is 3.22. The van der Waals surface area contributed by atoms with Gasteiger partial charge in [-0.1, -0.05) is 23.7 Å². The van der Waals surface area contributed by atoms with Crippen LogP contribution in [-0.2, 0) is 10.2 Å². The summed E-state index contributed by atoms with van der Waals surface area (Å²) < 4.78 is 33.3. The lowest BCUT2D eigenvalue weighted by Gasteiger charge is -2.34. The van der Waals surface area contributed by atoms with Crippen molar-refractivity contribution >= 4 is 21.8 Å². The van der Waals surface area contributed by atoms with E-state index < -0.39 is 10.2 Å². The molecule has 0 spiro atoms. The fourth-order valence-electron chi connectivity index (χ4n) is 2.16. The van der Waals surface area contributed by atoms with E-state index in [1.807, 2.05) is 24.3 Å². The fraction of sp³-hybridized carbons (Fsp3) is 0.455. The summed E-state index contributed by atoms with van der Waals surface area (Å²) in [7, 11) is -4.32. The van der Waals surface area contributed by atoms with Gasteiger partial charge in [0.2, 0.25) is 0 Å². The van der Waals surface area contributed by atoms with Crippen LogP contribution in [0.25, 0.3) is 0 Å². The average molecular weight is 263 g/mol. The molecule has 0 bridgehead atoms. The second kappa shape index (κ2) is 4.34. The zero-order chi connectivity index (χ0) is 11.8. The Balaban J connectivity index is 1.91. The minimum atomic E-state index is -4.32. The minimum absolute atomic E-state index is 0.0318. The monoisotopic (exact) mass is 262 g/mol. The summed E-state index contributed by atoms with van der Waals surface area (Å²) in [5, 5.41) is 0.686. The third-order valence-corrected chi connectivity index (χ3v) is 4.13. The molecule has 1 aliphatic rings.